The Morgan fingerprint density at radius 1 is 1.25 bits per heavy atom. The molecule has 1 aromatic carbocycles. The van der Waals surface area contributed by atoms with Gasteiger partial charge in [0.1, 0.15) is 5.78 Å². The molecule has 0 bridgehead atoms. The lowest BCUT2D eigenvalue weighted by Gasteiger charge is -2.36. The minimum Gasteiger partial charge on any atom is -0.348 e. The highest BCUT2D eigenvalue weighted by Gasteiger charge is 2.35. The van der Waals surface area contributed by atoms with E-state index in [1.54, 1.807) is 6.07 Å². The van der Waals surface area contributed by atoms with E-state index in [0.717, 1.165) is 18.4 Å². The number of hydrogen-bond acceptors (Lipinski definition) is 3. The van der Waals surface area contributed by atoms with E-state index in [-0.39, 0.29) is 36.8 Å². The lowest BCUT2D eigenvalue weighted by molar-refractivity contribution is -0.127. The summed E-state index contributed by atoms with van der Waals surface area (Å²) in [5.41, 5.74) is 6.30. The maximum atomic E-state index is 13.1. The minimum atomic E-state index is -0.294. The second kappa shape index (κ2) is 11.8. The maximum absolute atomic E-state index is 13.1. The van der Waals surface area contributed by atoms with Crippen molar-refractivity contribution in [3.63, 3.8) is 0 Å². The number of rotatable bonds is 8. The monoisotopic (exact) mass is 428 g/mol. The Morgan fingerprint density at radius 3 is 2.54 bits per heavy atom. The van der Waals surface area contributed by atoms with E-state index in [0.29, 0.717) is 41.4 Å². The van der Waals surface area contributed by atoms with Crippen LogP contribution in [0.25, 0.3) is 0 Å². The molecule has 1 aliphatic carbocycles. The molecule has 0 spiro atoms. The van der Waals surface area contributed by atoms with Gasteiger partial charge >= 0.3 is 0 Å². The highest BCUT2D eigenvalue weighted by Crippen LogP contribution is 2.39. The lowest BCUT2D eigenvalue weighted by Crippen LogP contribution is -2.36. The molecule has 158 valence electrons. The maximum Gasteiger partial charge on any atom is 0.234 e. The molecule has 6 heteroatoms. The van der Waals surface area contributed by atoms with Crippen LogP contribution in [0.15, 0.2) is 24.3 Å². The van der Waals surface area contributed by atoms with Gasteiger partial charge in [-0.3, -0.25) is 9.59 Å². The fourth-order valence-corrected chi connectivity index (χ4v) is 4.63. The third-order valence-electron chi connectivity index (χ3n) is 5.92. The molecule has 0 radical (unpaired) electrons. The summed E-state index contributed by atoms with van der Waals surface area (Å²) < 4.78 is 0. The molecule has 0 aliphatic heterocycles. The number of carbonyl (C=O) groups excluding carboxylic acids is 2. The van der Waals surface area contributed by atoms with Gasteiger partial charge in [0.15, 0.2) is 0 Å². The van der Waals surface area contributed by atoms with Crippen LogP contribution in [0.2, 0.25) is 5.02 Å². The third-order valence-corrected chi connectivity index (χ3v) is 6.26. The van der Waals surface area contributed by atoms with Gasteiger partial charge in [0.2, 0.25) is 5.91 Å². The lowest BCUT2D eigenvalue weighted by atomic mass is 9.68. The van der Waals surface area contributed by atoms with Crippen LogP contribution in [0.1, 0.15) is 64.5 Å². The van der Waals surface area contributed by atoms with E-state index < -0.39 is 0 Å². The zero-order valence-electron chi connectivity index (χ0n) is 17.1. The average molecular weight is 429 g/mol. The van der Waals surface area contributed by atoms with Crippen molar-refractivity contribution >= 4 is 35.7 Å². The fraction of sp³-hybridized carbons (Fsp3) is 0.636. The normalized spacial score (nSPS) is 23.0. The molecule has 1 aromatic rings. The van der Waals surface area contributed by atoms with Crippen LogP contribution in [0.4, 0.5) is 0 Å². The average Bonchev–Trinajstić information content (AvgIpc) is 2.64. The first-order valence-electron chi connectivity index (χ1n) is 10.1. The highest BCUT2D eigenvalue weighted by atomic mass is 35.5. The molecule has 28 heavy (non-hydrogen) atoms. The van der Waals surface area contributed by atoms with Crippen molar-refractivity contribution in [3.8, 4) is 0 Å². The second-order valence-electron chi connectivity index (χ2n) is 8.28. The molecule has 1 fully saturated rings. The molecule has 0 heterocycles. The van der Waals surface area contributed by atoms with Crippen LogP contribution in [0, 0.1) is 23.7 Å². The molecule has 4 nitrogen and oxygen atoms in total. The number of Topliss-reactive ketones (excluding diaryl/α,β-unsaturated/α-hetero) is 1. The number of nitrogens with two attached hydrogens (primary N) is 1. The van der Waals surface area contributed by atoms with Crippen molar-refractivity contribution < 1.29 is 9.59 Å². The number of benzene rings is 1. The zero-order chi connectivity index (χ0) is 20.0. The summed E-state index contributed by atoms with van der Waals surface area (Å²) in [6.07, 6.45) is 4.31. The summed E-state index contributed by atoms with van der Waals surface area (Å²) in [6, 6.07) is 7.15. The highest BCUT2D eigenvalue weighted by molar-refractivity contribution is 6.31. The van der Waals surface area contributed by atoms with Crippen molar-refractivity contribution in [1.82, 2.24) is 5.32 Å². The number of carbonyl (C=O) groups is 2. The van der Waals surface area contributed by atoms with Crippen LogP contribution in [-0.4, -0.2) is 18.2 Å². The SMILES string of the molecule is CC(C)[C@@H]1CC[C@@H](C)C[C@H]1C(=O)CC[C@@H](NC(=O)CN)c1ccccc1Cl.Cl. The van der Waals surface area contributed by atoms with Gasteiger partial charge in [-0.2, -0.15) is 0 Å². The van der Waals surface area contributed by atoms with Crippen molar-refractivity contribution in [3.05, 3.63) is 34.9 Å². The van der Waals surface area contributed by atoms with Crippen LogP contribution < -0.4 is 11.1 Å². The number of hydrogen-bond donors (Lipinski definition) is 2. The Morgan fingerprint density at radius 2 is 1.93 bits per heavy atom. The third kappa shape index (κ3) is 6.75. The molecule has 1 saturated carbocycles. The van der Waals surface area contributed by atoms with Gasteiger partial charge in [0.05, 0.1) is 12.6 Å². The summed E-state index contributed by atoms with van der Waals surface area (Å²) in [4.78, 5) is 24.9. The quantitative estimate of drug-likeness (QED) is 0.615. The molecular weight excluding hydrogens is 395 g/mol. The molecule has 3 N–H and O–H groups in total. The zero-order valence-corrected chi connectivity index (χ0v) is 18.7. The Labute approximate surface area is 180 Å². The second-order valence-corrected chi connectivity index (χ2v) is 8.69. The van der Waals surface area contributed by atoms with E-state index in [4.69, 9.17) is 17.3 Å². The predicted octanol–water partition coefficient (Wildman–Crippen LogP) is 4.94. The molecule has 0 unspecified atom stereocenters. The molecule has 0 aromatic heterocycles. The Balaban J connectivity index is 0.00000392. The number of ketones is 1. The largest absolute Gasteiger partial charge is 0.348 e. The first-order chi connectivity index (χ1) is 12.8. The summed E-state index contributed by atoms with van der Waals surface area (Å²) in [6.45, 7) is 6.60. The van der Waals surface area contributed by atoms with Crippen molar-refractivity contribution in [1.29, 1.82) is 0 Å². The predicted molar refractivity (Wildman–Crippen MR) is 118 cm³/mol. The molecule has 4 atom stereocenters. The summed E-state index contributed by atoms with van der Waals surface area (Å²) in [7, 11) is 0. The standard InChI is InChI=1S/C22H33ClN2O2.ClH/c1-14(2)16-9-8-15(3)12-18(16)21(26)11-10-20(25-22(27)13-24)17-6-4-5-7-19(17)23;/h4-7,14-16,18,20H,8-13,24H2,1-3H3,(H,25,27);1H/t15-,16+,18-,20-;/m1./s1. The van der Waals surface area contributed by atoms with E-state index >= 15 is 0 Å². The first-order valence-corrected chi connectivity index (χ1v) is 10.5. The molecular formula is C22H34Cl2N2O2. The number of amides is 1. The van der Waals surface area contributed by atoms with E-state index in [2.05, 4.69) is 26.1 Å². The van der Waals surface area contributed by atoms with Gasteiger partial charge in [-0.1, -0.05) is 57.0 Å². The van der Waals surface area contributed by atoms with Crippen LogP contribution in [-0.2, 0) is 9.59 Å². The summed E-state index contributed by atoms with van der Waals surface area (Å²) >= 11 is 6.33. The summed E-state index contributed by atoms with van der Waals surface area (Å²) in [5.74, 6) is 1.79. The van der Waals surface area contributed by atoms with Gasteiger partial charge in [-0.25, -0.2) is 0 Å². The van der Waals surface area contributed by atoms with E-state index in [1.165, 1.54) is 6.42 Å². The van der Waals surface area contributed by atoms with Gasteiger partial charge in [-0.15, -0.1) is 12.4 Å². The summed E-state index contributed by atoms with van der Waals surface area (Å²) in [5, 5.41) is 3.52. The Hall–Kier alpha value is -1.10. The Kier molecular flexibility index (Phi) is 10.5. The van der Waals surface area contributed by atoms with E-state index in [9.17, 15) is 9.59 Å². The molecule has 1 amide bonds. The van der Waals surface area contributed by atoms with Crippen molar-refractivity contribution in [2.45, 2.75) is 58.9 Å². The van der Waals surface area contributed by atoms with Gasteiger partial charge in [0.25, 0.3) is 0 Å². The van der Waals surface area contributed by atoms with Gasteiger partial charge in [0, 0.05) is 17.4 Å². The number of halogens is 2. The van der Waals surface area contributed by atoms with Crippen LogP contribution in [0.5, 0.6) is 0 Å². The van der Waals surface area contributed by atoms with Crippen LogP contribution in [0.3, 0.4) is 0 Å². The molecule has 0 saturated heterocycles. The van der Waals surface area contributed by atoms with Gasteiger partial charge in [-0.05, 0) is 48.6 Å². The van der Waals surface area contributed by atoms with Crippen LogP contribution >= 0.6 is 24.0 Å². The first kappa shape index (κ1) is 24.9. The smallest absolute Gasteiger partial charge is 0.234 e. The van der Waals surface area contributed by atoms with Gasteiger partial charge < -0.3 is 11.1 Å². The molecule has 2 rings (SSSR count). The minimum absolute atomic E-state index is 0. The van der Waals surface area contributed by atoms with E-state index in [1.807, 2.05) is 18.2 Å². The topological polar surface area (TPSA) is 72.2 Å². The molecule has 1 aliphatic rings. The number of nitrogens with one attached hydrogen (secondary N) is 1. The van der Waals surface area contributed by atoms with Crippen molar-refractivity contribution in [2.75, 3.05) is 6.54 Å². The fourth-order valence-electron chi connectivity index (χ4n) is 4.36. The Bertz CT molecular complexity index is 651. The van der Waals surface area contributed by atoms with Crippen molar-refractivity contribution in [2.24, 2.45) is 29.4 Å².